The second-order valence-corrected chi connectivity index (χ2v) is 2.87. The molecule has 0 aliphatic heterocycles. The third-order valence-corrected chi connectivity index (χ3v) is 1.84. The summed E-state index contributed by atoms with van der Waals surface area (Å²) in [5, 5.41) is 13.7. The lowest BCUT2D eigenvalue weighted by Crippen LogP contribution is -2.34. The molecule has 2 amide bonds. The SMILES string of the molecule is NNC(=O)Nc1ccc(-n2ncnn2)cc1. The zero-order chi connectivity index (χ0) is 11.4. The predicted octanol–water partition coefficient (Wildman–Crippen LogP) is -0.343. The molecule has 1 aromatic carbocycles. The first-order chi connectivity index (χ1) is 7.79. The molecule has 0 radical (unpaired) electrons. The Bertz CT molecular complexity index is 464. The molecule has 0 aliphatic rings. The smallest absolute Gasteiger partial charge is 0.307 e. The van der Waals surface area contributed by atoms with Gasteiger partial charge in [-0.1, -0.05) is 0 Å². The molecule has 4 N–H and O–H groups in total. The number of aromatic nitrogens is 4. The topological polar surface area (TPSA) is 111 Å². The summed E-state index contributed by atoms with van der Waals surface area (Å²) in [7, 11) is 0. The molecule has 8 heteroatoms. The summed E-state index contributed by atoms with van der Waals surface area (Å²) in [6, 6.07) is 6.41. The molecule has 2 aromatic rings. The lowest BCUT2D eigenvalue weighted by Gasteiger charge is -2.04. The molecule has 0 saturated carbocycles. The van der Waals surface area contributed by atoms with E-state index in [0.29, 0.717) is 5.69 Å². The monoisotopic (exact) mass is 219 g/mol. The molecule has 2 rings (SSSR count). The van der Waals surface area contributed by atoms with Gasteiger partial charge in [-0.25, -0.2) is 10.6 Å². The third kappa shape index (κ3) is 2.12. The van der Waals surface area contributed by atoms with E-state index in [4.69, 9.17) is 5.84 Å². The Morgan fingerprint density at radius 3 is 2.62 bits per heavy atom. The summed E-state index contributed by atoms with van der Waals surface area (Å²) in [6.45, 7) is 0. The van der Waals surface area contributed by atoms with Gasteiger partial charge in [0.05, 0.1) is 5.69 Å². The number of urea groups is 1. The number of hydrogen-bond acceptors (Lipinski definition) is 5. The molecule has 1 aromatic heterocycles. The van der Waals surface area contributed by atoms with E-state index >= 15 is 0 Å². The van der Waals surface area contributed by atoms with Crippen LogP contribution in [-0.2, 0) is 0 Å². The summed E-state index contributed by atoms with van der Waals surface area (Å²) in [4.78, 5) is 12.3. The number of nitrogens with two attached hydrogens (primary N) is 1. The van der Waals surface area contributed by atoms with Crippen LogP contribution in [0.1, 0.15) is 0 Å². The summed E-state index contributed by atoms with van der Waals surface area (Å²) in [5.41, 5.74) is 3.33. The van der Waals surface area contributed by atoms with Gasteiger partial charge in [-0.2, -0.15) is 0 Å². The average Bonchev–Trinajstić information content (AvgIpc) is 2.83. The van der Waals surface area contributed by atoms with Crippen LogP contribution in [0.4, 0.5) is 10.5 Å². The lowest BCUT2D eigenvalue weighted by atomic mass is 10.3. The van der Waals surface area contributed by atoms with Crippen molar-refractivity contribution in [2.45, 2.75) is 0 Å². The van der Waals surface area contributed by atoms with E-state index in [2.05, 4.69) is 20.7 Å². The van der Waals surface area contributed by atoms with Gasteiger partial charge < -0.3 is 5.32 Å². The van der Waals surface area contributed by atoms with Gasteiger partial charge in [0, 0.05) is 5.69 Å². The molecule has 8 nitrogen and oxygen atoms in total. The number of benzene rings is 1. The minimum atomic E-state index is -0.480. The van der Waals surface area contributed by atoms with Crippen molar-refractivity contribution in [2.75, 3.05) is 5.32 Å². The summed E-state index contributed by atoms with van der Waals surface area (Å²) < 4.78 is 0. The van der Waals surface area contributed by atoms with Crippen LogP contribution in [0.15, 0.2) is 30.6 Å². The Morgan fingerprint density at radius 2 is 2.06 bits per heavy atom. The second-order valence-electron chi connectivity index (χ2n) is 2.87. The van der Waals surface area contributed by atoms with Crippen molar-refractivity contribution in [1.29, 1.82) is 0 Å². The van der Waals surface area contributed by atoms with Crippen molar-refractivity contribution in [3.05, 3.63) is 30.6 Å². The van der Waals surface area contributed by atoms with E-state index in [0.717, 1.165) is 5.69 Å². The van der Waals surface area contributed by atoms with Crippen LogP contribution in [0.25, 0.3) is 5.69 Å². The molecule has 82 valence electrons. The van der Waals surface area contributed by atoms with E-state index in [1.54, 1.807) is 24.3 Å². The number of hydrogen-bond donors (Lipinski definition) is 3. The highest BCUT2D eigenvalue weighted by Gasteiger charge is 2.00. The number of carbonyl (C=O) groups excluding carboxylic acids is 1. The number of nitrogens with zero attached hydrogens (tertiary/aromatic N) is 4. The van der Waals surface area contributed by atoms with Crippen molar-refractivity contribution in [3.8, 4) is 5.69 Å². The molecule has 0 spiro atoms. The largest absolute Gasteiger partial charge is 0.333 e. The summed E-state index contributed by atoms with van der Waals surface area (Å²) in [6.07, 6.45) is 1.34. The Labute approximate surface area is 90.4 Å². The normalized spacial score (nSPS) is 9.81. The molecule has 0 saturated heterocycles. The van der Waals surface area contributed by atoms with E-state index in [-0.39, 0.29) is 0 Å². The van der Waals surface area contributed by atoms with Crippen LogP contribution in [-0.4, -0.2) is 26.2 Å². The fourth-order valence-corrected chi connectivity index (χ4v) is 1.13. The Hall–Kier alpha value is -2.48. The van der Waals surface area contributed by atoms with Crippen molar-refractivity contribution < 1.29 is 4.79 Å². The molecule has 0 unspecified atom stereocenters. The predicted molar refractivity (Wildman–Crippen MR) is 55.5 cm³/mol. The number of carbonyl (C=O) groups is 1. The zero-order valence-electron chi connectivity index (χ0n) is 8.16. The highest BCUT2D eigenvalue weighted by molar-refractivity contribution is 5.88. The fourth-order valence-electron chi connectivity index (χ4n) is 1.13. The highest BCUT2D eigenvalue weighted by atomic mass is 16.2. The minimum Gasteiger partial charge on any atom is -0.307 e. The lowest BCUT2D eigenvalue weighted by molar-refractivity contribution is 0.252. The van der Waals surface area contributed by atoms with Crippen LogP contribution in [0.5, 0.6) is 0 Å². The first-order valence-electron chi connectivity index (χ1n) is 4.40. The van der Waals surface area contributed by atoms with E-state index in [1.807, 2.05) is 5.43 Å². The maximum atomic E-state index is 10.9. The van der Waals surface area contributed by atoms with Crippen molar-refractivity contribution in [2.24, 2.45) is 5.84 Å². The number of tetrazole rings is 1. The number of amides is 2. The Morgan fingerprint density at radius 1 is 1.31 bits per heavy atom. The van der Waals surface area contributed by atoms with E-state index in [9.17, 15) is 4.79 Å². The van der Waals surface area contributed by atoms with Crippen molar-refractivity contribution in [1.82, 2.24) is 25.6 Å². The van der Waals surface area contributed by atoms with Crippen LogP contribution in [0.3, 0.4) is 0 Å². The molecule has 0 aliphatic carbocycles. The van der Waals surface area contributed by atoms with E-state index in [1.165, 1.54) is 11.1 Å². The highest BCUT2D eigenvalue weighted by Crippen LogP contribution is 2.10. The number of anilines is 1. The number of rotatable bonds is 2. The molecule has 0 fully saturated rings. The number of hydrazine groups is 1. The van der Waals surface area contributed by atoms with Gasteiger partial charge in [-0.15, -0.1) is 15.0 Å². The maximum Gasteiger partial charge on any atom is 0.333 e. The van der Waals surface area contributed by atoms with Gasteiger partial charge >= 0.3 is 6.03 Å². The van der Waals surface area contributed by atoms with Crippen molar-refractivity contribution in [3.63, 3.8) is 0 Å². The van der Waals surface area contributed by atoms with Gasteiger partial charge in [0.1, 0.15) is 0 Å². The van der Waals surface area contributed by atoms with Gasteiger partial charge in [0.15, 0.2) is 6.33 Å². The van der Waals surface area contributed by atoms with Gasteiger partial charge in [-0.05, 0) is 29.5 Å². The quantitative estimate of drug-likeness (QED) is 0.363. The van der Waals surface area contributed by atoms with Gasteiger partial charge in [0.2, 0.25) is 0 Å². The summed E-state index contributed by atoms with van der Waals surface area (Å²) in [5.74, 6) is 4.93. The fraction of sp³-hybridized carbons (Fsp3) is 0. The minimum absolute atomic E-state index is 0.480. The van der Waals surface area contributed by atoms with Crippen LogP contribution in [0.2, 0.25) is 0 Å². The second kappa shape index (κ2) is 4.36. The Kier molecular flexibility index (Phi) is 2.74. The Balaban J connectivity index is 2.14. The molecular weight excluding hydrogens is 210 g/mol. The first-order valence-corrected chi connectivity index (χ1v) is 4.40. The standard InChI is InChI=1S/C8H9N7O/c9-13-8(16)12-6-1-3-7(4-2-6)15-11-5-10-14-15/h1-5H,9H2,(H2,12,13,16). The summed E-state index contributed by atoms with van der Waals surface area (Å²) >= 11 is 0. The number of nitrogens with one attached hydrogen (secondary N) is 2. The maximum absolute atomic E-state index is 10.9. The molecule has 16 heavy (non-hydrogen) atoms. The van der Waals surface area contributed by atoms with Crippen LogP contribution >= 0.6 is 0 Å². The average molecular weight is 219 g/mol. The molecule has 0 bridgehead atoms. The van der Waals surface area contributed by atoms with Gasteiger partial charge in [0.25, 0.3) is 0 Å². The molecule has 1 heterocycles. The van der Waals surface area contributed by atoms with Crippen molar-refractivity contribution >= 4 is 11.7 Å². The first kappa shape index (κ1) is 10.1. The molecule has 0 atom stereocenters. The van der Waals surface area contributed by atoms with Crippen LogP contribution in [0, 0.1) is 0 Å². The third-order valence-electron chi connectivity index (χ3n) is 1.84. The van der Waals surface area contributed by atoms with Gasteiger partial charge in [-0.3, -0.25) is 5.43 Å². The molecular formula is C8H9N7O. The zero-order valence-corrected chi connectivity index (χ0v) is 8.16. The van der Waals surface area contributed by atoms with Crippen LogP contribution < -0.4 is 16.6 Å². The van der Waals surface area contributed by atoms with E-state index < -0.39 is 6.03 Å².